The van der Waals surface area contributed by atoms with Crippen molar-refractivity contribution in [1.82, 2.24) is 10.1 Å². The van der Waals surface area contributed by atoms with E-state index in [4.69, 9.17) is 9.26 Å². The first-order valence-corrected chi connectivity index (χ1v) is 7.83. The molecule has 0 bridgehead atoms. The SMILES string of the molecule is Cc1cc(NC(=O)C(c2ccccc2)N(C)[C@@H]2COC[C@H]2O)no1. The lowest BCUT2D eigenvalue weighted by atomic mass is 10.0. The van der Waals surface area contributed by atoms with Crippen molar-refractivity contribution in [2.75, 3.05) is 25.6 Å². The molecule has 1 unspecified atom stereocenters. The van der Waals surface area contributed by atoms with Gasteiger partial charge in [-0.05, 0) is 19.5 Å². The number of aliphatic hydroxyl groups excluding tert-OH is 1. The predicted octanol–water partition coefficient (Wildman–Crippen LogP) is 1.35. The number of anilines is 1. The number of carbonyl (C=O) groups excluding carboxylic acids is 1. The molecule has 1 aromatic heterocycles. The molecule has 1 aliphatic rings. The second-order valence-electron chi connectivity index (χ2n) is 5.96. The van der Waals surface area contributed by atoms with E-state index < -0.39 is 12.1 Å². The molecule has 3 rings (SSSR count). The lowest BCUT2D eigenvalue weighted by molar-refractivity contribution is -0.122. The molecule has 1 aromatic carbocycles. The molecule has 1 amide bonds. The molecule has 1 aliphatic heterocycles. The first-order valence-electron chi connectivity index (χ1n) is 7.83. The Bertz CT molecular complexity index is 688. The lowest BCUT2D eigenvalue weighted by Crippen LogP contribution is -2.46. The maximum atomic E-state index is 12.9. The number of ether oxygens (including phenoxy) is 1. The normalized spacial score (nSPS) is 21.8. The molecule has 24 heavy (non-hydrogen) atoms. The first-order chi connectivity index (χ1) is 11.6. The molecule has 0 spiro atoms. The predicted molar refractivity (Wildman–Crippen MR) is 87.4 cm³/mol. The summed E-state index contributed by atoms with van der Waals surface area (Å²) in [5.41, 5.74) is 0.830. The topological polar surface area (TPSA) is 87.8 Å². The quantitative estimate of drug-likeness (QED) is 0.860. The molecule has 2 heterocycles. The molecule has 7 nitrogen and oxygen atoms in total. The maximum Gasteiger partial charge on any atom is 0.247 e. The van der Waals surface area contributed by atoms with Crippen LogP contribution in [0.4, 0.5) is 5.82 Å². The molecule has 0 aliphatic carbocycles. The molecule has 7 heteroatoms. The number of rotatable bonds is 5. The number of carbonyl (C=O) groups is 1. The second kappa shape index (κ2) is 7.12. The fourth-order valence-corrected chi connectivity index (χ4v) is 2.94. The van der Waals surface area contributed by atoms with Crippen LogP contribution in [-0.4, -0.2) is 53.5 Å². The number of benzene rings is 1. The average Bonchev–Trinajstić information content (AvgIpc) is 3.17. The van der Waals surface area contributed by atoms with E-state index in [0.717, 1.165) is 5.56 Å². The van der Waals surface area contributed by atoms with E-state index in [1.165, 1.54) is 0 Å². The Labute approximate surface area is 140 Å². The molecule has 0 saturated carbocycles. The molecule has 128 valence electrons. The smallest absolute Gasteiger partial charge is 0.247 e. The van der Waals surface area contributed by atoms with Crippen LogP contribution in [0, 0.1) is 6.92 Å². The Morgan fingerprint density at radius 3 is 2.71 bits per heavy atom. The highest BCUT2D eigenvalue weighted by Gasteiger charge is 2.37. The van der Waals surface area contributed by atoms with Crippen molar-refractivity contribution in [3.8, 4) is 0 Å². The fourth-order valence-electron chi connectivity index (χ4n) is 2.94. The van der Waals surface area contributed by atoms with E-state index in [9.17, 15) is 9.90 Å². The summed E-state index contributed by atoms with van der Waals surface area (Å²) in [4.78, 5) is 14.7. The van der Waals surface area contributed by atoms with E-state index in [1.807, 2.05) is 42.3 Å². The summed E-state index contributed by atoms with van der Waals surface area (Å²) in [6, 6.07) is 10.3. The second-order valence-corrected chi connectivity index (χ2v) is 5.96. The van der Waals surface area contributed by atoms with Gasteiger partial charge in [-0.2, -0.15) is 0 Å². The Balaban J connectivity index is 1.85. The Morgan fingerprint density at radius 1 is 1.38 bits per heavy atom. The number of nitrogens with zero attached hydrogens (tertiary/aromatic N) is 2. The van der Waals surface area contributed by atoms with E-state index in [1.54, 1.807) is 13.0 Å². The van der Waals surface area contributed by atoms with Crippen LogP contribution >= 0.6 is 0 Å². The van der Waals surface area contributed by atoms with Crippen molar-refractivity contribution in [2.24, 2.45) is 0 Å². The van der Waals surface area contributed by atoms with Gasteiger partial charge in [-0.3, -0.25) is 9.69 Å². The van der Waals surface area contributed by atoms with Gasteiger partial charge in [-0.1, -0.05) is 35.5 Å². The van der Waals surface area contributed by atoms with Gasteiger partial charge in [0.05, 0.1) is 25.4 Å². The molecule has 2 aromatic rings. The summed E-state index contributed by atoms with van der Waals surface area (Å²) in [5.74, 6) is 0.751. The summed E-state index contributed by atoms with van der Waals surface area (Å²) >= 11 is 0. The third-order valence-electron chi connectivity index (χ3n) is 4.19. The van der Waals surface area contributed by atoms with Crippen molar-refractivity contribution in [1.29, 1.82) is 0 Å². The van der Waals surface area contributed by atoms with E-state index in [2.05, 4.69) is 10.5 Å². The van der Waals surface area contributed by atoms with Crippen LogP contribution in [-0.2, 0) is 9.53 Å². The van der Waals surface area contributed by atoms with E-state index >= 15 is 0 Å². The number of hydrogen-bond donors (Lipinski definition) is 2. The van der Waals surface area contributed by atoms with Gasteiger partial charge >= 0.3 is 0 Å². The third-order valence-corrected chi connectivity index (χ3v) is 4.19. The number of aliphatic hydroxyl groups is 1. The summed E-state index contributed by atoms with van der Waals surface area (Å²) in [7, 11) is 1.81. The van der Waals surface area contributed by atoms with Gasteiger partial charge in [0, 0.05) is 6.07 Å². The number of hydrogen-bond acceptors (Lipinski definition) is 6. The lowest BCUT2D eigenvalue weighted by Gasteiger charge is -2.32. The highest BCUT2D eigenvalue weighted by Crippen LogP contribution is 2.26. The number of amides is 1. The van der Waals surface area contributed by atoms with Crippen molar-refractivity contribution >= 4 is 11.7 Å². The van der Waals surface area contributed by atoms with Crippen LogP contribution in [0.2, 0.25) is 0 Å². The van der Waals surface area contributed by atoms with Crippen LogP contribution in [0.15, 0.2) is 40.9 Å². The van der Waals surface area contributed by atoms with Crippen molar-refractivity contribution in [2.45, 2.75) is 25.1 Å². The van der Waals surface area contributed by atoms with Crippen molar-refractivity contribution in [3.05, 3.63) is 47.7 Å². The van der Waals surface area contributed by atoms with Gasteiger partial charge in [-0.25, -0.2) is 0 Å². The molecule has 3 atom stereocenters. The maximum absolute atomic E-state index is 12.9. The molecule has 1 saturated heterocycles. The summed E-state index contributed by atoms with van der Waals surface area (Å²) in [5, 5.41) is 16.7. The minimum Gasteiger partial charge on any atom is -0.389 e. The zero-order valence-electron chi connectivity index (χ0n) is 13.7. The zero-order valence-corrected chi connectivity index (χ0v) is 13.7. The van der Waals surface area contributed by atoms with Gasteiger partial charge in [-0.15, -0.1) is 0 Å². The summed E-state index contributed by atoms with van der Waals surface area (Å²) in [6.45, 7) is 2.42. The van der Waals surface area contributed by atoms with E-state index in [0.29, 0.717) is 18.2 Å². The van der Waals surface area contributed by atoms with Crippen molar-refractivity contribution < 1.29 is 19.2 Å². The Kier molecular flexibility index (Phi) is 4.94. The van der Waals surface area contributed by atoms with Crippen LogP contribution in [0.5, 0.6) is 0 Å². The van der Waals surface area contributed by atoms with Crippen LogP contribution in [0.1, 0.15) is 17.4 Å². The summed E-state index contributed by atoms with van der Waals surface area (Å²) < 4.78 is 10.3. The van der Waals surface area contributed by atoms with Crippen LogP contribution in [0.3, 0.4) is 0 Å². The minimum absolute atomic E-state index is 0.240. The van der Waals surface area contributed by atoms with Gasteiger partial charge in [0.15, 0.2) is 5.82 Å². The molecule has 1 fully saturated rings. The third kappa shape index (κ3) is 3.48. The van der Waals surface area contributed by atoms with Gasteiger partial charge in [0.2, 0.25) is 5.91 Å². The van der Waals surface area contributed by atoms with Crippen molar-refractivity contribution in [3.63, 3.8) is 0 Å². The zero-order chi connectivity index (χ0) is 17.1. The Morgan fingerprint density at radius 2 is 2.12 bits per heavy atom. The molecular weight excluding hydrogens is 310 g/mol. The highest BCUT2D eigenvalue weighted by molar-refractivity contribution is 5.94. The number of aromatic nitrogens is 1. The van der Waals surface area contributed by atoms with Gasteiger partial charge in [0.25, 0.3) is 0 Å². The average molecular weight is 331 g/mol. The molecule has 2 N–H and O–H groups in total. The van der Waals surface area contributed by atoms with Gasteiger partial charge < -0.3 is 19.7 Å². The first kappa shape index (κ1) is 16.6. The highest BCUT2D eigenvalue weighted by atomic mass is 16.5. The standard InChI is InChI=1S/C17H21N3O4/c1-11-8-15(19-24-11)18-17(22)16(12-6-4-3-5-7-12)20(2)13-9-23-10-14(13)21/h3-8,13-14,16,21H,9-10H2,1-2H3,(H,18,19,22)/t13-,14-,16?/m1/s1. The number of nitrogens with one attached hydrogen (secondary N) is 1. The molecular formula is C17H21N3O4. The Hall–Kier alpha value is -2.22. The number of likely N-dealkylation sites (N-methyl/N-ethyl adjacent to an activating group) is 1. The number of aryl methyl sites for hydroxylation is 1. The minimum atomic E-state index is -0.622. The van der Waals surface area contributed by atoms with Crippen LogP contribution < -0.4 is 5.32 Å². The van der Waals surface area contributed by atoms with Crippen LogP contribution in [0.25, 0.3) is 0 Å². The largest absolute Gasteiger partial charge is 0.389 e. The summed E-state index contributed by atoms with van der Waals surface area (Å²) in [6.07, 6.45) is -0.622. The monoisotopic (exact) mass is 331 g/mol. The molecule has 0 radical (unpaired) electrons. The van der Waals surface area contributed by atoms with Gasteiger partial charge in [0.1, 0.15) is 11.8 Å². The van der Waals surface area contributed by atoms with E-state index in [-0.39, 0.29) is 18.6 Å². The fraction of sp³-hybridized carbons (Fsp3) is 0.412.